The summed E-state index contributed by atoms with van der Waals surface area (Å²) in [5, 5.41) is 8.63. The molecule has 2 aliphatic heterocycles. The molecule has 0 aromatic carbocycles. The Labute approximate surface area is 298 Å². The van der Waals surface area contributed by atoms with E-state index in [1.54, 1.807) is 24.0 Å². The van der Waals surface area contributed by atoms with Gasteiger partial charge in [0.2, 0.25) is 23.4 Å². The van der Waals surface area contributed by atoms with Gasteiger partial charge in [-0.05, 0) is 43.6 Å². The Kier molecular flexibility index (Phi) is 16.1. The molecule has 0 spiro atoms. The highest BCUT2D eigenvalue weighted by molar-refractivity contribution is 5.92. The van der Waals surface area contributed by atoms with Crippen LogP contribution < -0.4 is 16.0 Å². The van der Waals surface area contributed by atoms with Crippen LogP contribution >= 0.6 is 0 Å². The maximum atomic E-state index is 15.3. The number of nitrogens with zero attached hydrogens (tertiary/aromatic N) is 2. The van der Waals surface area contributed by atoms with Crippen LogP contribution in [0.25, 0.3) is 0 Å². The molecule has 8 atom stereocenters. The molecular formula is C38H62FN5O6. The first kappa shape index (κ1) is 41.3. The molecule has 0 aromatic rings. The number of nitrogens with one attached hydrogen (secondary N) is 3. The molecule has 2 heterocycles. The number of methoxy groups -OCH3 is 2. The summed E-state index contributed by atoms with van der Waals surface area (Å²) in [6, 6.07) is -1.73. The molecular weight excluding hydrogens is 641 g/mol. The van der Waals surface area contributed by atoms with Crippen molar-refractivity contribution in [2.24, 2.45) is 23.7 Å². The number of halogens is 1. The third kappa shape index (κ3) is 10.5. The summed E-state index contributed by atoms with van der Waals surface area (Å²) < 4.78 is 27.1. The van der Waals surface area contributed by atoms with Crippen molar-refractivity contribution in [2.75, 3.05) is 47.4 Å². The Morgan fingerprint density at radius 3 is 2.30 bits per heavy atom. The minimum absolute atomic E-state index is 0.0197. The second kappa shape index (κ2) is 19.5. The first-order chi connectivity index (χ1) is 23.8. The molecule has 0 aromatic heterocycles. The number of ether oxygens (including phenoxy) is 2. The van der Waals surface area contributed by atoms with E-state index in [9.17, 15) is 19.2 Å². The highest BCUT2D eigenvalue weighted by Gasteiger charge is 2.45. The molecule has 50 heavy (non-hydrogen) atoms. The topological polar surface area (TPSA) is 129 Å². The first-order valence-corrected chi connectivity index (χ1v) is 18.4. The fraction of sp³-hybridized carbons (Fsp3) is 0.737. The molecule has 282 valence electrons. The van der Waals surface area contributed by atoms with Crippen molar-refractivity contribution in [3.05, 3.63) is 36.5 Å². The molecule has 12 heteroatoms. The highest BCUT2D eigenvalue weighted by Crippen LogP contribution is 2.30. The molecule has 1 aliphatic carbocycles. The number of carbonyl (C=O) groups is 4. The summed E-state index contributed by atoms with van der Waals surface area (Å²) in [6.07, 6.45) is 14.1. The van der Waals surface area contributed by atoms with Gasteiger partial charge in [0, 0.05) is 47.3 Å². The minimum atomic E-state index is -2.06. The van der Waals surface area contributed by atoms with E-state index in [0.29, 0.717) is 32.5 Å². The Bertz CT molecular complexity index is 1220. The molecule has 0 radical (unpaired) electrons. The monoisotopic (exact) mass is 703 g/mol. The molecule has 2 fully saturated rings. The van der Waals surface area contributed by atoms with E-state index in [1.165, 1.54) is 7.11 Å². The Hall–Kier alpha value is -3.09. The lowest BCUT2D eigenvalue weighted by atomic mass is 9.89. The lowest BCUT2D eigenvalue weighted by molar-refractivity contribution is -0.148. The summed E-state index contributed by atoms with van der Waals surface area (Å²) in [5.74, 6) is -1.99. The summed E-state index contributed by atoms with van der Waals surface area (Å²) in [5.41, 5.74) is -2.06. The summed E-state index contributed by atoms with van der Waals surface area (Å²) in [4.78, 5) is 57.7. The number of carbonyl (C=O) groups excluding carboxylic acids is 4. The van der Waals surface area contributed by atoms with Crippen LogP contribution in [-0.4, -0.2) is 117 Å². The maximum Gasteiger partial charge on any atom is 0.259 e. The van der Waals surface area contributed by atoms with Crippen LogP contribution in [0.5, 0.6) is 0 Å². The van der Waals surface area contributed by atoms with E-state index < -0.39 is 41.8 Å². The van der Waals surface area contributed by atoms with Gasteiger partial charge in [-0.1, -0.05) is 77.5 Å². The van der Waals surface area contributed by atoms with Gasteiger partial charge in [-0.15, -0.1) is 0 Å². The van der Waals surface area contributed by atoms with Crippen molar-refractivity contribution in [2.45, 2.75) is 109 Å². The average molecular weight is 704 g/mol. The summed E-state index contributed by atoms with van der Waals surface area (Å²) in [7, 11) is 4.79. The Morgan fingerprint density at radius 1 is 1.06 bits per heavy atom. The molecule has 3 rings (SSSR count). The summed E-state index contributed by atoms with van der Waals surface area (Å²) >= 11 is 0. The number of hydrogen-bond donors (Lipinski definition) is 3. The smallest absolute Gasteiger partial charge is 0.259 e. The largest absolute Gasteiger partial charge is 0.379 e. The van der Waals surface area contributed by atoms with Crippen LogP contribution in [0.4, 0.5) is 4.39 Å². The summed E-state index contributed by atoms with van der Waals surface area (Å²) in [6.45, 7) is 10.9. The van der Waals surface area contributed by atoms with Crippen LogP contribution in [-0.2, 0) is 28.7 Å². The van der Waals surface area contributed by atoms with Gasteiger partial charge in [-0.3, -0.25) is 19.2 Å². The van der Waals surface area contributed by atoms with Crippen LogP contribution in [0.3, 0.4) is 0 Å². The molecule has 0 saturated carbocycles. The van der Waals surface area contributed by atoms with Crippen LogP contribution in [0, 0.1) is 23.7 Å². The molecule has 8 unspecified atom stereocenters. The maximum absolute atomic E-state index is 15.3. The zero-order chi connectivity index (χ0) is 37.0. The van der Waals surface area contributed by atoms with Crippen LogP contribution in [0.2, 0.25) is 0 Å². The van der Waals surface area contributed by atoms with E-state index in [4.69, 9.17) is 9.47 Å². The normalized spacial score (nSPS) is 24.4. The number of rotatable bonds is 18. The quantitative estimate of drug-likeness (QED) is 0.199. The molecule has 2 saturated heterocycles. The predicted octanol–water partition coefficient (Wildman–Crippen LogP) is 3.55. The average Bonchev–Trinajstić information content (AvgIpc) is 3.69. The Morgan fingerprint density at radius 2 is 1.74 bits per heavy atom. The predicted molar refractivity (Wildman–Crippen MR) is 193 cm³/mol. The number of likely N-dealkylation sites (tertiary alicyclic amines) is 1. The van der Waals surface area contributed by atoms with Gasteiger partial charge < -0.3 is 35.2 Å². The highest BCUT2D eigenvalue weighted by atomic mass is 19.1. The van der Waals surface area contributed by atoms with E-state index in [2.05, 4.69) is 28.1 Å². The second-order valence-electron chi connectivity index (χ2n) is 14.6. The molecule has 3 aliphatic rings. The van der Waals surface area contributed by atoms with Gasteiger partial charge in [0.1, 0.15) is 6.04 Å². The third-order valence-electron chi connectivity index (χ3n) is 10.8. The van der Waals surface area contributed by atoms with Gasteiger partial charge in [0.25, 0.3) is 5.91 Å². The number of hydrogen-bond acceptors (Lipinski definition) is 7. The molecule has 0 bridgehead atoms. The van der Waals surface area contributed by atoms with Crippen molar-refractivity contribution in [3.8, 4) is 0 Å². The fourth-order valence-electron chi connectivity index (χ4n) is 7.49. The number of alkyl halides is 1. The third-order valence-corrected chi connectivity index (χ3v) is 10.8. The first-order valence-electron chi connectivity index (χ1n) is 18.4. The van der Waals surface area contributed by atoms with Crippen molar-refractivity contribution < 1.29 is 33.0 Å². The number of allylic oxidation sites excluding steroid dienone is 6. The van der Waals surface area contributed by atoms with Crippen molar-refractivity contribution in [3.63, 3.8) is 0 Å². The second-order valence-corrected chi connectivity index (χ2v) is 14.6. The molecule has 11 nitrogen and oxygen atoms in total. The van der Waals surface area contributed by atoms with E-state index in [-0.39, 0.29) is 60.9 Å². The molecule has 3 N–H and O–H groups in total. The van der Waals surface area contributed by atoms with Crippen molar-refractivity contribution in [1.82, 2.24) is 25.8 Å². The van der Waals surface area contributed by atoms with Crippen molar-refractivity contribution >= 4 is 23.6 Å². The van der Waals surface area contributed by atoms with E-state index in [1.807, 2.05) is 58.9 Å². The van der Waals surface area contributed by atoms with Gasteiger partial charge in [-0.25, -0.2) is 4.39 Å². The van der Waals surface area contributed by atoms with E-state index >= 15 is 4.39 Å². The lowest BCUT2D eigenvalue weighted by Gasteiger charge is -2.41. The molecule has 4 amide bonds. The Balaban J connectivity index is 1.70. The fourth-order valence-corrected chi connectivity index (χ4v) is 7.49. The van der Waals surface area contributed by atoms with Crippen molar-refractivity contribution in [1.29, 1.82) is 0 Å². The van der Waals surface area contributed by atoms with Gasteiger partial charge >= 0.3 is 0 Å². The van der Waals surface area contributed by atoms with Gasteiger partial charge in [0.15, 0.2) is 0 Å². The van der Waals surface area contributed by atoms with E-state index in [0.717, 1.165) is 12.8 Å². The number of likely N-dealkylation sites (N-methyl/N-ethyl adjacent to an activating group) is 1. The lowest BCUT2D eigenvalue weighted by Crippen LogP contribution is -2.59. The van der Waals surface area contributed by atoms with Crippen LogP contribution in [0.1, 0.15) is 73.1 Å². The zero-order valence-corrected chi connectivity index (χ0v) is 31.5. The number of amides is 4. The standard InChI is InChI=1S/C38H62FN5O6/c1-9-26(4)33(43(6)36(47)32(25(2)3)42-37(48)38(39)19-21-40-24-38)30(49-7)23-31(45)44-22-14-17-29(44)34(50-8)27(5)35(46)41-20-18-28-15-12-10-11-13-16-28/h10-13,15-16,25-30,32-34,40H,9,14,17-24H2,1-8H3,(H,41,46)(H,42,48). The van der Waals surface area contributed by atoms with Gasteiger partial charge in [-0.2, -0.15) is 0 Å². The SMILES string of the molecule is CCC(C)C(C(CC(=O)N1CCCC1C(OC)C(C)C(=O)NCCC1C=CC=CC=C1)OC)N(C)C(=O)C(NC(=O)C1(F)CCNC1)C(C)C. The zero-order valence-electron chi connectivity index (χ0n) is 31.5. The minimum Gasteiger partial charge on any atom is -0.379 e. The van der Waals surface area contributed by atoms with Gasteiger partial charge in [0.05, 0.1) is 36.6 Å². The van der Waals surface area contributed by atoms with Crippen LogP contribution in [0.15, 0.2) is 36.5 Å².